The molecule has 7 heteroatoms. The Balaban J connectivity index is 1.98. The van der Waals surface area contributed by atoms with Crippen LogP contribution in [0.4, 0.5) is 0 Å². The molecular formula is C25H36N2O5. The van der Waals surface area contributed by atoms with Crippen LogP contribution in [0.25, 0.3) is 0 Å². The summed E-state index contributed by atoms with van der Waals surface area (Å²) in [4.78, 5) is 37.7. The minimum Gasteiger partial charge on any atom is -0.480 e. The van der Waals surface area contributed by atoms with Gasteiger partial charge >= 0.3 is 11.9 Å². The van der Waals surface area contributed by atoms with Crippen LogP contribution >= 0.6 is 0 Å². The molecule has 0 saturated carbocycles. The number of carbonyl (C=O) groups is 3. The second-order valence-corrected chi connectivity index (χ2v) is 9.01. The van der Waals surface area contributed by atoms with E-state index in [1.54, 1.807) is 19.9 Å². The van der Waals surface area contributed by atoms with Crippen molar-refractivity contribution in [3.63, 3.8) is 0 Å². The number of likely N-dealkylation sites (tertiary alicyclic amines) is 1. The molecule has 1 aliphatic rings. The summed E-state index contributed by atoms with van der Waals surface area (Å²) in [5, 5.41) is 11.6. The lowest BCUT2D eigenvalue weighted by atomic mass is 9.74. The van der Waals surface area contributed by atoms with E-state index < -0.39 is 23.9 Å². The van der Waals surface area contributed by atoms with E-state index in [9.17, 15) is 14.4 Å². The maximum atomic E-state index is 12.3. The van der Waals surface area contributed by atoms with Crippen molar-refractivity contribution in [2.75, 3.05) is 20.1 Å². The minimum atomic E-state index is -1.09. The molecule has 1 saturated heterocycles. The Morgan fingerprint density at radius 2 is 2.03 bits per heavy atom. The van der Waals surface area contributed by atoms with E-state index in [2.05, 4.69) is 30.3 Å². The number of nitrogens with zero attached hydrogens (tertiary/aromatic N) is 1. The Labute approximate surface area is 190 Å². The predicted molar refractivity (Wildman–Crippen MR) is 124 cm³/mol. The van der Waals surface area contributed by atoms with Crippen LogP contribution < -0.4 is 10.1 Å². The highest BCUT2D eigenvalue weighted by Gasteiger charge is 2.33. The molecule has 0 aromatic heterocycles. The van der Waals surface area contributed by atoms with Gasteiger partial charge in [0.25, 0.3) is 0 Å². The molecule has 1 aromatic carbocycles. The first-order chi connectivity index (χ1) is 15.2. The molecule has 1 amide bonds. The van der Waals surface area contributed by atoms with Gasteiger partial charge in [-0.1, -0.05) is 45.4 Å². The third-order valence-electron chi connectivity index (χ3n) is 6.16. The first-order valence-electron chi connectivity index (χ1n) is 11.4. The van der Waals surface area contributed by atoms with Crippen molar-refractivity contribution in [2.45, 2.75) is 64.3 Å². The Bertz CT molecular complexity index is 835. The van der Waals surface area contributed by atoms with Crippen LogP contribution in [0.5, 0.6) is 5.75 Å². The molecule has 32 heavy (non-hydrogen) atoms. The molecule has 0 bridgehead atoms. The van der Waals surface area contributed by atoms with Crippen LogP contribution in [-0.4, -0.2) is 54.0 Å². The molecule has 2 atom stereocenters. The highest BCUT2D eigenvalue weighted by Crippen LogP contribution is 2.37. The number of ether oxygens (including phenoxy) is 1. The first kappa shape index (κ1) is 25.6. The Morgan fingerprint density at radius 3 is 2.69 bits per heavy atom. The number of carboxylic acid groups (broad SMARTS) is 1. The van der Waals surface area contributed by atoms with Gasteiger partial charge in [0.1, 0.15) is 11.8 Å². The highest BCUT2D eigenvalue weighted by atomic mass is 16.5. The molecule has 1 heterocycles. The van der Waals surface area contributed by atoms with Gasteiger partial charge in [-0.05, 0) is 62.5 Å². The van der Waals surface area contributed by atoms with Gasteiger partial charge < -0.3 is 20.1 Å². The van der Waals surface area contributed by atoms with E-state index in [1.807, 2.05) is 12.1 Å². The fourth-order valence-electron chi connectivity index (χ4n) is 4.29. The SMILES string of the molecule is CCC1(c2cccc(OC(=O)CC=CC(=O)NC(C(=O)O)C(C)C)c2)CCCCN(C)C1. The maximum absolute atomic E-state index is 12.3. The fourth-order valence-corrected chi connectivity index (χ4v) is 4.29. The molecule has 1 fully saturated rings. The average Bonchev–Trinajstić information content (AvgIpc) is 2.93. The maximum Gasteiger partial charge on any atom is 0.326 e. The Kier molecular flexibility index (Phi) is 9.44. The monoisotopic (exact) mass is 444 g/mol. The van der Waals surface area contributed by atoms with E-state index in [0.29, 0.717) is 5.75 Å². The van der Waals surface area contributed by atoms with Gasteiger partial charge in [0, 0.05) is 12.0 Å². The summed E-state index contributed by atoms with van der Waals surface area (Å²) in [6.07, 6.45) is 6.96. The number of aliphatic carboxylic acids is 1. The molecule has 2 unspecified atom stereocenters. The number of esters is 1. The van der Waals surface area contributed by atoms with Gasteiger partial charge in [0.2, 0.25) is 5.91 Å². The number of carboxylic acids is 1. The number of rotatable bonds is 9. The van der Waals surface area contributed by atoms with Crippen molar-refractivity contribution in [3.05, 3.63) is 42.0 Å². The topological polar surface area (TPSA) is 95.9 Å². The number of hydrogen-bond acceptors (Lipinski definition) is 5. The summed E-state index contributed by atoms with van der Waals surface area (Å²) in [6.45, 7) is 7.71. The van der Waals surface area contributed by atoms with Gasteiger partial charge in [-0.2, -0.15) is 0 Å². The van der Waals surface area contributed by atoms with Gasteiger partial charge in [0.15, 0.2) is 0 Å². The standard InChI is InChI=1S/C25H36N2O5/c1-5-25(14-6-7-15-27(4)17-25)19-10-8-11-20(16-19)32-22(29)13-9-12-21(28)26-23(18(2)3)24(30)31/h8-12,16,18,23H,5-7,13-15,17H2,1-4H3,(H,26,28)(H,30,31). The van der Waals surface area contributed by atoms with Crippen LogP contribution in [0, 0.1) is 5.92 Å². The lowest BCUT2D eigenvalue weighted by Gasteiger charge is -2.35. The zero-order valence-electron chi connectivity index (χ0n) is 19.6. The second-order valence-electron chi connectivity index (χ2n) is 9.01. The third-order valence-corrected chi connectivity index (χ3v) is 6.16. The van der Waals surface area contributed by atoms with Crippen molar-refractivity contribution in [1.29, 1.82) is 0 Å². The van der Waals surface area contributed by atoms with Crippen LogP contribution in [0.3, 0.4) is 0 Å². The molecule has 1 aliphatic heterocycles. The van der Waals surface area contributed by atoms with Gasteiger partial charge in [0.05, 0.1) is 6.42 Å². The fraction of sp³-hybridized carbons (Fsp3) is 0.560. The summed E-state index contributed by atoms with van der Waals surface area (Å²) in [5.74, 6) is -1.88. The lowest BCUT2D eigenvalue weighted by molar-refractivity contribution is -0.142. The molecule has 7 nitrogen and oxygen atoms in total. The number of carbonyl (C=O) groups excluding carboxylic acids is 2. The molecular weight excluding hydrogens is 408 g/mol. The van der Waals surface area contributed by atoms with Crippen molar-refractivity contribution in [1.82, 2.24) is 10.2 Å². The third kappa shape index (κ3) is 7.19. The van der Waals surface area contributed by atoms with E-state index in [4.69, 9.17) is 9.84 Å². The number of nitrogens with one attached hydrogen (secondary N) is 1. The van der Waals surface area contributed by atoms with Crippen molar-refractivity contribution >= 4 is 17.8 Å². The van der Waals surface area contributed by atoms with Gasteiger partial charge in [-0.3, -0.25) is 9.59 Å². The quantitative estimate of drug-likeness (QED) is 0.344. The summed E-state index contributed by atoms with van der Waals surface area (Å²) < 4.78 is 5.50. The zero-order chi connectivity index (χ0) is 23.7. The Hall–Kier alpha value is -2.67. The van der Waals surface area contributed by atoms with Crippen molar-refractivity contribution < 1.29 is 24.2 Å². The molecule has 1 aromatic rings. The summed E-state index contributed by atoms with van der Waals surface area (Å²) >= 11 is 0. The van der Waals surface area contributed by atoms with Gasteiger partial charge in [-0.15, -0.1) is 0 Å². The molecule has 0 spiro atoms. The summed E-state index contributed by atoms with van der Waals surface area (Å²) in [6, 6.07) is 6.77. The molecule has 2 rings (SSSR count). The van der Waals surface area contributed by atoms with Crippen molar-refractivity contribution in [3.8, 4) is 5.75 Å². The number of hydrogen-bond donors (Lipinski definition) is 2. The second kappa shape index (κ2) is 11.8. The van der Waals surface area contributed by atoms with Crippen LogP contribution in [0.1, 0.15) is 58.4 Å². The zero-order valence-corrected chi connectivity index (χ0v) is 19.6. The minimum absolute atomic E-state index is 0.0444. The molecule has 176 valence electrons. The average molecular weight is 445 g/mol. The number of likely N-dealkylation sites (N-methyl/N-ethyl adjacent to an activating group) is 1. The van der Waals surface area contributed by atoms with Crippen molar-refractivity contribution in [2.24, 2.45) is 5.92 Å². The first-order valence-corrected chi connectivity index (χ1v) is 11.4. The molecule has 2 N–H and O–H groups in total. The normalized spacial score (nSPS) is 20.7. The predicted octanol–water partition coefficient (Wildman–Crippen LogP) is 3.53. The van der Waals surface area contributed by atoms with E-state index in [-0.39, 0.29) is 17.8 Å². The Morgan fingerprint density at radius 1 is 1.28 bits per heavy atom. The lowest BCUT2D eigenvalue weighted by Crippen LogP contribution is -2.43. The van der Waals surface area contributed by atoms with E-state index in [1.165, 1.54) is 30.6 Å². The molecule has 0 aliphatic carbocycles. The summed E-state index contributed by atoms with van der Waals surface area (Å²) in [7, 11) is 2.15. The van der Waals surface area contributed by atoms with Crippen LogP contribution in [0.15, 0.2) is 36.4 Å². The van der Waals surface area contributed by atoms with Crippen LogP contribution in [0.2, 0.25) is 0 Å². The highest BCUT2D eigenvalue weighted by molar-refractivity contribution is 5.91. The summed E-state index contributed by atoms with van der Waals surface area (Å²) in [5.41, 5.74) is 1.23. The number of benzene rings is 1. The number of amides is 1. The van der Waals surface area contributed by atoms with E-state index in [0.717, 1.165) is 25.9 Å². The van der Waals surface area contributed by atoms with Gasteiger partial charge in [-0.25, -0.2) is 4.79 Å². The molecule has 0 radical (unpaired) electrons. The van der Waals surface area contributed by atoms with Crippen LogP contribution in [-0.2, 0) is 19.8 Å². The van der Waals surface area contributed by atoms with E-state index >= 15 is 0 Å². The largest absolute Gasteiger partial charge is 0.480 e. The smallest absolute Gasteiger partial charge is 0.326 e.